The molecule has 0 saturated heterocycles. The molecule has 1 unspecified atom stereocenters. The maximum Gasteiger partial charge on any atom is 0.307 e. The molecule has 2 atom stereocenters. The standard InChI is InChI=1S/C19H25N5O2/c1-11(2)17(19(25)26)16(18-21-23-24-22-18)9-13-4-5-15(12(3)8-13)14-6-7-20-10-14/h4-6,8,11,16-17,20H,7,9-10H2,1-3H3,(H,25,26)(H,21,22,23,24)/t16-,17?/m0/s1. The highest BCUT2D eigenvalue weighted by Crippen LogP contribution is 2.32. The third kappa shape index (κ3) is 3.83. The Bertz CT molecular complexity index is 798. The van der Waals surface area contributed by atoms with E-state index < -0.39 is 11.9 Å². The van der Waals surface area contributed by atoms with Crippen LogP contribution in [0.15, 0.2) is 24.3 Å². The molecule has 3 N–H and O–H groups in total. The number of rotatable bonds is 7. The summed E-state index contributed by atoms with van der Waals surface area (Å²) in [5.41, 5.74) is 4.84. The average molecular weight is 355 g/mol. The highest BCUT2D eigenvalue weighted by atomic mass is 16.4. The van der Waals surface area contributed by atoms with Crippen molar-refractivity contribution < 1.29 is 9.90 Å². The zero-order valence-electron chi connectivity index (χ0n) is 15.4. The second kappa shape index (κ2) is 7.78. The van der Waals surface area contributed by atoms with Gasteiger partial charge in [0.15, 0.2) is 5.82 Å². The van der Waals surface area contributed by atoms with Gasteiger partial charge in [0.05, 0.1) is 5.92 Å². The second-order valence-corrected chi connectivity index (χ2v) is 7.20. The first-order valence-electron chi connectivity index (χ1n) is 8.93. The van der Waals surface area contributed by atoms with Crippen LogP contribution in [0.5, 0.6) is 0 Å². The predicted molar refractivity (Wildman–Crippen MR) is 98.6 cm³/mol. The molecular weight excluding hydrogens is 330 g/mol. The van der Waals surface area contributed by atoms with Gasteiger partial charge >= 0.3 is 5.97 Å². The van der Waals surface area contributed by atoms with Gasteiger partial charge in [-0.3, -0.25) is 4.79 Å². The lowest BCUT2D eigenvalue weighted by Gasteiger charge is -2.24. The van der Waals surface area contributed by atoms with Crippen LogP contribution in [0.2, 0.25) is 0 Å². The molecule has 2 aromatic rings. The van der Waals surface area contributed by atoms with Crippen molar-refractivity contribution in [1.82, 2.24) is 25.9 Å². The normalized spacial score (nSPS) is 16.5. The molecule has 1 aromatic heterocycles. The quantitative estimate of drug-likeness (QED) is 0.703. The van der Waals surface area contributed by atoms with E-state index in [4.69, 9.17) is 0 Å². The van der Waals surface area contributed by atoms with Gasteiger partial charge in [0, 0.05) is 19.0 Å². The summed E-state index contributed by atoms with van der Waals surface area (Å²) in [5.74, 6) is -1.31. The first kappa shape index (κ1) is 18.3. The van der Waals surface area contributed by atoms with E-state index >= 15 is 0 Å². The van der Waals surface area contributed by atoms with Crippen LogP contribution < -0.4 is 5.32 Å². The number of aliphatic carboxylic acids is 1. The summed E-state index contributed by atoms with van der Waals surface area (Å²) in [4.78, 5) is 11.9. The third-order valence-corrected chi connectivity index (χ3v) is 5.03. The largest absolute Gasteiger partial charge is 0.481 e. The van der Waals surface area contributed by atoms with Gasteiger partial charge in [-0.2, -0.15) is 5.21 Å². The van der Waals surface area contributed by atoms with Gasteiger partial charge in [0.25, 0.3) is 0 Å². The summed E-state index contributed by atoms with van der Waals surface area (Å²) in [6.07, 6.45) is 2.77. The Morgan fingerprint density at radius 2 is 2.15 bits per heavy atom. The number of nitrogens with one attached hydrogen (secondary N) is 2. The van der Waals surface area contributed by atoms with Crippen molar-refractivity contribution >= 4 is 11.5 Å². The fourth-order valence-electron chi connectivity index (χ4n) is 3.77. The Morgan fingerprint density at radius 3 is 2.69 bits per heavy atom. The van der Waals surface area contributed by atoms with Crippen molar-refractivity contribution in [2.24, 2.45) is 11.8 Å². The Morgan fingerprint density at radius 1 is 1.35 bits per heavy atom. The number of aromatic nitrogens is 4. The van der Waals surface area contributed by atoms with Gasteiger partial charge < -0.3 is 10.4 Å². The van der Waals surface area contributed by atoms with Crippen molar-refractivity contribution in [3.05, 3.63) is 46.8 Å². The van der Waals surface area contributed by atoms with Gasteiger partial charge in [0.1, 0.15) is 0 Å². The van der Waals surface area contributed by atoms with Crippen LogP contribution in [-0.4, -0.2) is 44.8 Å². The van der Waals surface area contributed by atoms with Crippen LogP contribution in [0.4, 0.5) is 0 Å². The smallest absolute Gasteiger partial charge is 0.307 e. The third-order valence-electron chi connectivity index (χ3n) is 5.03. The summed E-state index contributed by atoms with van der Waals surface area (Å²) < 4.78 is 0. The van der Waals surface area contributed by atoms with Gasteiger partial charge in [-0.05, 0) is 41.5 Å². The maximum absolute atomic E-state index is 11.9. The molecule has 0 fully saturated rings. The van der Waals surface area contributed by atoms with E-state index in [1.165, 1.54) is 16.7 Å². The number of benzene rings is 1. The number of carbonyl (C=O) groups is 1. The van der Waals surface area contributed by atoms with Crippen LogP contribution in [0.1, 0.15) is 42.3 Å². The number of H-pyrrole nitrogens is 1. The molecule has 0 saturated carbocycles. The Balaban J connectivity index is 1.89. The molecule has 1 aliphatic rings. The number of carboxylic acids is 1. The Hall–Kier alpha value is -2.54. The van der Waals surface area contributed by atoms with E-state index in [9.17, 15) is 9.90 Å². The zero-order chi connectivity index (χ0) is 18.7. The lowest BCUT2D eigenvalue weighted by atomic mass is 9.79. The van der Waals surface area contributed by atoms with Crippen molar-refractivity contribution in [2.75, 3.05) is 13.1 Å². The molecule has 0 aliphatic carbocycles. The van der Waals surface area contributed by atoms with E-state index in [1.54, 1.807) is 0 Å². The first-order valence-corrected chi connectivity index (χ1v) is 8.93. The molecule has 1 aromatic carbocycles. The number of hydrogen-bond donors (Lipinski definition) is 3. The monoisotopic (exact) mass is 355 g/mol. The second-order valence-electron chi connectivity index (χ2n) is 7.20. The van der Waals surface area contributed by atoms with Crippen molar-refractivity contribution in [3.63, 3.8) is 0 Å². The van der Waals surface area contributed by atoms with Gasteiger partial charge in [0.2, 0.25) is 0 Å². The molecule has 138 valence electrons. The highest BCUT2D eigenvalue weighted by molar-refractivity contribution is 5.72. The summed E-state index contributed by atoms with van der Waals surface area (Å²) >= 11 is 0. The fourth-order valence-corrected chi connectivity index (χ4v) is 3.77. The predicted octanol–water partition coefficient (Wildman–Crippen LogP) is 2.18. The number of aromatic amines is 1. The number of hydrogen-bond acceptors (Lipinski definition) is 5. The van der Waals surface area contributed by atoms with Crippen LogP contribution >= 0.6 is 0 Å². The van der Waals surface area contributed by atoms with Crippen molar-refractivity contribution in [1.29, 1.82) is 0 Å². The lowest BCUT2D eigenvalue weighted by molar-refractivity contribution is -0.144. The minimum absolute atomic E-state index is 0.0360. The summed E-state index contributed by atoms with van der Waals surface area (Å²) in [7, 11) is 0. The minimum atomic E-state index is -0.828. The van der Waals surface area contributed by atoms with E-state index in [1.807, 2.05) is 13.8 Å². The minimum Gasteiger partial charge on any atom is -0.481 e. The summed E-state index contributed by atoms with van der Waals surface area (Å²) in [5, 5.41) is 27.3. The van der Waals surface area contributed by atoms with E-state index in [2.05, 4.69) is 57.1 Å². The SMILES string of the molecule is Cc1cc(C[C@H](c2nn[nH]n2)C(C(=O)O)C(C)C)ccc1C1=CCNC1. The molecule has 0 bridgehead atoms. The topological polar surface area (TPSA) is 104 Å². The maximum atomic E-state index is 11.9. The van der Waals surface area contributed by atoms with Gasteiger partial charge in [-0.25, -0.2) is 0 Å². The van der Waals surface area contributed by atoms with E-state index in [-0.39, 0.29) is 11.8 Å². The lowest BCUT2D eigenvalue weighted by Crippen LogP contribution is -2.29. The molecular formula is C19H25N5O2. The van der Waals surface area contributed by atoms with Gasteiger partial charge in [-0.1, -0.05) is 43.3 Å². The molecule has 26 heavy (non-hydrogen) atoms. The number of aryl methyl sites for hydroxylation is 1. The van der Waals surface area contributed by atoms with Gasteiger partial charge in [-0.15, -0.1) is 10.2 Å². The van der Waals surface area contributed by atoms with E-state index in [0.717, 1.165) is 18.7 Å². The van der Waals surface area contributed by atoms with Crippen LogP contribution in [0, 0.1) is 18.8 Å². The average Bonchev–Trinajstić information content (AvgIpc) is 3.27. The number of tetrazole rings is 1. The molecule has 2 heterocycles. The Labute approximate surface area is 152 Å². The van der Waals surface area contributed by atoms with Crippen LogP contribution in [-0.2, 0) is 11.2 Å². The summed E-state index contributed by atoms with van der Waals surface area (Å²) in [6, 6.07) is 6.34. The molecule has 7 heteroatoms. The first-order chi connectivity index (χ1) is 12.5. The number of carboxylic acid groups (broad SMARTS) is 1. The molecule has 7 nitrogen and oxygen atoms in total. The Kier molecular flexibility index (Phi) is 5.46. The van der Waals surface area contributed by atoms with E-state index in [0.29, 0.717) is 12.2 Å². The van der Waals surface area contributed by atoms with Crippen LogP contribution in [0.3, 0.4) is 0 Å². The zero-order valence-corrected chi connectivity index (χ0v) is 15.4. The molecule has 0 radical (unpaired) electrons. The van der Waals surface area contributed by atoms with Crippen LogP contribution in [0.25, 0.3) is 5.57 Å². The summed E-state index contributed by atoms with van der Waals surface area (Å²) in [6.45, 7) is 7.73. The molecule has 0 amide bonds. The highest BCUT2D eigenvalue weighted by Gasteiger charge is 2.35. The van der Waals surface area contributed by atoms with Crippen molar-refractivity contribution in [3.8, 4) is 0 Å². The molecule has 3 rings (SSSR count). The fraction of sp³-hybridized carbons (Fsp3) is 0.474. The molecule has 1 aliphatic heterocycles. The van der Waals surface area contributed by atoms with Crippen molar-refractivity contribution in [2.45, 2.75) is 33.1 Å². The molecule has 0 spiro atoms. The number of nitrogens with zero attached hydrogens (tertiary/aromatic N) is 3.